The van der Waals surface area contributed by atoms with Crippen molar-refractivity contribution >= 4 is 5.69 Å². The van der Waals surface area contributed by atoms with E-state index in [1.54, 1.807) is 0 Å². The van der Waals surface area contributed by atoms with E-state index in [0.29, 0.717) is 12.3 Å². The average molecular weight is 228 g/mol. The maximum absolute atomic E-state index is 5.76. The highest BCUT2D eigenvalue weighted by atomic mass is 16.5. The first-order chi connectivity index (χ1) is 8.20. The predicted molar refractivity (Wildman–Crippen MR) is 70.0 cm³/mol. The van der Waals surface area contributed by atoms with E-state index in [9.17, 15) is 0 Å². The maximum atomic E-state index is 5.76. The summed E-state index contributed by atoms with van der Waals surface area (Å²) in [5, 5.41) is 0. The molecule has 0 saturated carbocycles. The number of ether oxygens (including phenoxy) is 1. The Labute approximate surface area is 101 Å². The van der Waals surface area contributed by atoms with Crippen LogP contribution in [0.3, 0.4) is 0 Å². The Bertz CT molecular complexity index is 506. The van der Waals surface area contributed by atoms with Crippen molar-refractivity contribution in [2.45, 2.75) is 13.8 Å². The second-order valence-electron chi connectivity index (χ2n) is 3.88. The number of aromatic nitrogens is 1. The van der Waals surface area contributed by atoms with E-state index in [1.165, 1.54) is 0 Å². The van der Waals surface area contributed by atoms with Gasteiger partial charge in [-0.05, 0) is 32.0 Å². The number of pyridine rings is 1. The number of aryl methyl sites for hydroxylation is 1. The fourth-order valence-corrected chi connectivity index (χ4v) is 1.68. The lowest BCUT2D eigenvalue weighted by Crippen LogP contribution is -1.96. The van der Waals surface area contributed by atoms with Crippen LogP contribution < -0.4 is 10.5 Å². The summed E-state index contributed by atoms with van der Waals surface area (Å²) in [4.78, 5) is 4.29. The zero-order chi connectivity index (χ0) is 12.3. The third-order valence-corrected chi connectivity index (χ3v) is 2.53. The molecule has 0 spiro atoms. The van der Waals surface area contributed by atoms with Crippen molar-refractivity contribution in [1.82, 2.24) is 4.98 Å². The first kappa shape index (κ1) is 11.5. The number of benzene rings is 1. The highest BCUT2D eigenvalue weighted by Gasteiger charge is 2.06. The maximum Gasteiger partial charge on any atom is 0.129 e. The Kier molecular flexibility index (Phi) is 3.28. The molecule has 0 radical (unpaired) electrons. The SMILES string of the molecule is CCOc1cc(N)ccc1-c1ccc(C)nc1. The molecule has 3 heteroatoms. The lowest BCUT2D eigenvalue weighted by molar-refractivity contribution is 0.342. The molecule has 17 heavy (non-hydrogen) atoms. The Morgan fingerprint density at radius 1 is 1.24 bits per heavy atom. The Balaban J connectivity index is 2.46. The summed E-state index contributed by atoms with van der Waals surface area (Å²) in [5.41, 5.74) is 9.53. The summed E-state index contributed by atoms with van der Waals surface area (Å²) < 4.78 is 5.59. The molecule has 2 rings (SSSR count). The van der Waals surface area contributed by atoms with E-state index in [1.807, 2.05) is 50.4 Å². The van der Waals surface area contributed by atoms with Gasteiger partial charge >= 0.3 is 0 Å². The summed E-state index contributed by atoms with van der Waals surface area (Å²) in [6.07, 6.45) is 1.85. The van der Waals surface area contributed by atoms with Crippen LogP contribution >= 0.6 is 0 Å². The minimum Gasteiger partial charge on any atom is -0.493 e. The van der Waals surface area contributed by atoms with Crippen molar-refractivity contribution < 1.29 is 4.74 Å². The van der Waals surface area contributed by atoms with Crippen LogP contribution in [-0.2, 0) is 0 Å². The molecule has 0 saturated heterocycles. The van der Waals surface area contributed by atoms with Crippen molar-refractivity contribution in [3.8, 4) is 16.9 Å². The standard InChI is InChI=1S/C14H16N2O/c1-3-17-14-8-12(15)6-7-13(14)11-5-4-10(2)16-9-11/h4-9H,3,15H2,1-2H3. The van der Waals surface area contributed by atoms with Gasteiger partial charge < -0.3 is 10.5 Å². The van der Waals surface area contributed by atoms with Crippen molar-refractivity contribution in [1.29, 1.82) is 0 Å². The summed E-state index contributed by atoms with van der Waals surface area (Å²) in [6, 6.07) is 9.71. The van der Waals surface area contributed by atoms with Crippen LogP contribution in [0.2, 0.25) is 0 Å². The van der Waals surface area contributed by atoms with E-state index in [4.69, 9.17) is 10.5 Å². The molecule has 0 unspecified atom stereocenters. The lowest BCUT2D eigenvalue weighted by Gasteiger charge is -2.11. The van der Waals surface area contributed by atoms with E-state index < -0.39 is 0 Å². The number of nitrogens with zero attached hydrogens (tertiary/aromatic N) is 1. The monoisotopic (exact) mass is 228 g/mol. The average Bonchev–Trinajstić information content (AvgIpc) is 2.31. The second kappa shape index (κ2) is 4.87. The Hall–Kier alpha value is -2.03. The molecule has 2 N–H and O–H groups in total. The first-order valence-corrected chi connectivity index (χ1v) is 5.66. The molecule has 1 heterocycles. The topological polar surface area (TPSA) is 48.1 Å². The van der Waals surface area contributed by atoms with Crippen molar-refractivity contribution in [3.05, 3.63) is 42.2 Å². The zero-order valence-electron chi connectivity index (χ0n) is 10.1. The Morgan fingerprint density at radius 3 is 2.71 bits per heavy atom. The van der Waals surface area contributed by atoms with Gasteiger partial charge in [-0.1, -0.05) is 6.07 Å². The van der Waals surface area contributed by atoms with E-state index in [0.717, 1.165) is 22.6 Å². The third kappa shape index (κ3) is 2.56. The van der Waals surface area contributed by atoms with Crippen molar-refractivity contribution in [2.75, 3.05) is 12.3 Å². The normalized spacial score (nSPS) is 10.2. The molecular weight excluding hydrogens is 212 g/mol. The molecule has 0 atom stereocenters. The van der Waals surface area contributed by atoms with Gasteiger partial charge in [0.1, 0.15) is 5.75 Å². The third-order valence-electron chi connectivity index (χ3n) is 2.53. The molecule has 3 nitrogen and oxygen atoms in total. The van der Waals surface area contributed by atoms with Gasteiger partial charge in [-0.3, -0.25) is 4.98 Å². The molecule has 88 valence electrons. The first-order valence-electron chi connectivity index (χ1n) is 5.66. The van der Waals surface area contributed by atoms with E-state index in [-0.39, 0.29) is 0 Å². The summed E-state index contributed by atoms with van der Waals surface area (Å²) >= 11 is 0. The fraction of sp³-hybridized carbons (Fsp3) is 0.214. The molecule has 0 aliphatic heterocycles. The number of nitrogen functional groups attached to an aromatic ring is 1. The largest absolute Gasteiger partial charge is 0.493 e. The van der Waals surface area contributed by atoms with Gasteiger partial charge in [0.25, 0.3) is 0 Å². The summed E-state index contributed by atoms with van der Waals surface area (Å²) in [7, 11) is 0. The summed E-state index contributed by atoms with van der Waals surface area (Å²) in [5.74, 6) is 0.804. The molecule has 0 amide bonds. The van der Waals surface area contributed by atoms with E-state index in [2.05, 4.69) is 4.98 Å². The minimum absolute atomic E-state index is 0.621. The Morgan fingerprint density at radius 2 is 2.06 bits per heavy atom. The van der Waals surface area contributed by atoms with Gasteiger partial charge in [0.15, 0.2) is 0 Å². The molecule has 0 aliphatic rings. The minimum atomic E-state index is 0.621. The highest BCUT2D eigenvalue weighted by Crippen LogP contribution is 2.31. The molecule has 0 bridgehead atoms. The van der Waals surface area contributed by atoms with Crippen LogP contribution in [0.4, 0.5) is 5.69 Å². The number of rotatable bonds is 3. The smallest absolute Gasteiger partial charge is 0.129 e. The van der Waals surface area contributed by atoms with Crippen LogP contribution in [0.1, 0.15) is 12.6 Å². The number of hydrogen-bond donors (Lipinski definition) is 1. The zero-order valence-corrected chi connectivity index (χ0v) is 10.1. The van der Waals surface area contributed by atoms with Gasteiger partial charge in [-0.25, -0.2) is 0 Å². The molecular formula is C14H16N2O. The molecule has 0 fully saturated rings. The second-order valence-corrected chi connectivity index (χ2v) is 3.88. The van der Waals surface area contributed by atoms with Gasteiger partial charge in [0.05, 0.1) is 6.61 Å². The summed E-state index contributed by atoms with van der Waals surface area (Å²) in [6.45, 7) is 4.55. The molecule has 0 aliphatic carbocycles. The van der Waals surface area contributed by atoms with Gasteiger partial charge in [0.2, 0.25) is 0 Å². The number of nitrogens with two attached hydrogens (primary N) is 1. The number of anilines is 1. The quantitative estimate of drug-likeness (QED) is 0.821. The molecule has 1 aromatic heterocycles. The fourth-order valence-electron chi connectivity index (χ4n) is 1.68. The van der Waals surface area contributed by atoms with Crippen LogP contribution in [0.25, 0.3) is 11.1 Å². The van der Waals surface area contributed by atoms with Gasteiger partial charge in [0, 0.05) is 34.8 Å². The van der Waals surface area contributed by atoms with Gasteiger partial charge in [-0.15, -0.1) is 0 Å². The molecule has 2 aromatic rings. The molecule has 1 aromatic carbocycles. The number of hydrogen-bond acceptors (Lipinski definition) is 3. The van der Waals surface area contributed by atoms with Crippen LogP contribution in [0, 0.1) is 6.92 Å². The lowest BCUT2D eigenvalue weighted by atomic mass is 10.1. The highest BCUT2D eigenvalue weighted by molar-refractivity contribution is 5.72. The van der Waals surface area contributed by atoms with Crippen LogP contribution in [-0.4, -0.2) is 11.6 Å². The van der Waals surface area contributed by atoms with Crippen molar-refractivity contribution in [2.24, 2.45) is 0 Å². The predicted octanol–water partition coefficient (Wildman–Crippen LogP) is 3.04. The van der Waals surface area contributed by atoms with Gasteiger partial charge in [-0.2, -0.15) is 0 Å². The van der Waals surface area contributed by atoms with Crippen LogP contribution in [0.5, 0.6) is 5.75 Å². The van der Waals surface area contributed by atoms with E-state index >= 15 is 0 Å². The van der Waals surface area contributed by atoms with Crippen LogP contribution in [0.15, 0.2) is 36.5 Å². The van der Waals surface area contributed by atoms with Crippen molar-refractivity contribution in [3.63, 3.8) is 0 Å².